The van der Waals surface area contributed by atoms with Crippen molar-refractivity contribution in [2.45, 2.75) is 24.6 Å². The number of nitrogens with one attached hydrogen (secondary N) is 1. The van der Waals surface area contributed by atoms with E-state index in [2.05, 4.69) is 0 Å². The summed E-state index contributed by atoms with van der Waals surface area (Å²) in [6, 6.07) is 2.52. The monoisotopic (exact) mass is 297 g/mol. The minimum atomic E-state index is -4.55. The Bertz CT molecular complexity index is 466. The summed E-state index contributed by atoms with van der Waals surface area (Å²) in [7, 11) is 0. The lowest BCUT2D eigenvalue weighted by Crippen LogP contribution is -2.61. The first kappa shape index (κ1) is 14.2. The molecule has 0 aliphatic carbocycles. The van der Waals surface area contributed by atoms with Gasteiger partial charge < -0.3 is 14.5 Å². The van der Waals surface area contributed by atoms with Crippen LogP contribution in [0.4, 0.5) is 13.2 Å². The third-order valence-corrected chi connectivity index (χ3v) is 3.24. The van der Waals surface area contributed by atoms with E-state index in [1.807, 2.05) is 5.32 Å². The molecule has 1 N–H and O–H groups in total. The van der Waals surface area contributed by atoms with Crippen molar-refractivity contribution in [3.05, 3.63) is 23.1 Å². The highest BCUT2D eigenvalue weighted by molar-refractivity contribution is 6.29. The van der Waals surface area contributed by atoms with Crippen LogP contribution in [-0.4, -0.2) is 30.8 Å². The quantitative estimate of drug-likeness (QED) is 0.913. The summed E-state index contributed by atoms with van der Waals surface area (Å²) < 4.78 is 49.2. The van der Waals surface area contributed by atoms with Crippen LogP contribution in [0.2, 0.25) is 5.22 Å². The first-order valence-electron chi connectivity index (χ1n) is 5.56. The van der Waals surface area contributed by atoms with Crippen molar-refractivity contribution in [1.82, 2.24) is 5.32 Å². The van der Waals surface area contributed by atoms with E-state index in [-0.39, 0.29) is 37.0 Å². The second kappa shape index (κ2) is 5.05. The molecule has 0 unspecified atom stereocenters. The minimum absolute atomic E-state index is 0.0568. The van der Waals surface area contributed by atoms with Crippen molar-refractivity contribution in [3.8, 4) is 0 Å². The molecule has 0 spiro atoms. The summed E-state index contributed by atoms with van der Waals surface area (Å²) in [5.41, 5.74) is -2.28. The van der Waals surface area contributed by atoms with Gasteiger partial charge in [0.2, 0.25) is 0 Å². The van der Waals surface area contributed by atoms with Gasteiger partial charge >= 0.3 is 6.18 Å². The summed E-state index contributed by atoms with van der Waals surface area (Å²) in [6.45, 7) is -0.114. The second-order valence-electron chi connectivity index (χ2n) is 4.25. The van der Waals surface area contributed by atoms with E-state index in [1.165, 1.54) is 12.1 Å². The smallest absolute Gasteiger partial charge is 0.411 e. The lowest BCUT2D eigenvalue weighted by molar-refractivity contribution is -0.212. The molecule has 1 aliphatic heterocycles. The number of carbonyl (C=O) groups excluding carboxylic acids is 1. The maximum atomic E-state index is 13.2. The van der Waals surface area contributed by atoms with Crippen LogP contribution in [0, 0.1) is 0 Å². The van der Waals surface area contributed by atoms with Crippen molar-refractivity contribution in [2.24, 2.45) is 0 Å². The van der Waals surface area contributed by atoms with Crippen LogP contribution in [0.1, 0.15) is 23.4 Å². The molecule has 1 aromatic heterocycles. The first-order chi connectivity index (χ1) is 8.84. The normalized spacial score (nSPS) is 19.2. The fourth-order valence-electron chi connectivity index (χ4n) is 1.91. The highest BCUT2D eigenvalue weighted by atomic mass is 35.5. The molecule has 0 atom stereocenters. The van der Waals surface area contributed by atoms with Crippen molar-refractivity contribution in [2.75, 3.05) is 13.2 Å². The highest BCUT2D eigenvalue weighted by Crippen LogP contribution is 2.38. The molecule has 106 valence electrons. The topological polar surface area (TPSA) is 51.5 Å². The molecule has 0 bridgehead atoms. The Morgan fingerprint density at radius 3 is 2.42 bits per heavy atom. The van der Waals surface area contributed by atoms with Crippen LogP contribution in [0.25, 0.3) is 0 Å². The van der Waals surface area contributed by atoms with Gasteiger partial charge in [-0.2, -0.15) is 13.2 Å². The Hall–Kier alpha value is -1.21. The number of hydrogen-bond donors (Lipinski definition) is 1. The van der Waals surface area contributed by atoms with E-state index >= 15 is 0 Å². The zero-order chi connectivity index (χ0) is 14.1. The van der Waals surface area contributed by atoms with Gasteiger partial charge in [0.05, 0.1) is 0 Å². The number of halogens is 4. The number of ether oxygens (including phenoxy) is 1. The van der Waals surface area contributed by atoms with Gasteiger partial charge in [0.25, 0.3) is 5.91 Å². The predicted octanol–water partition coefficient (Wildman–Crippen LogP) is 2.77. The van der Waals surface area contributed by atoms with Crippen LogP contribution < -0.4 is 5.32 Å². The molecule has 2 heterocycles. The highest BCUT2D eigenvalue weighted by Gasteiger charge is 2.56. The van der Waals surface area contributed by atoms with Crippen molar-refractivity contribution in [3.63, 3.8) is 0 Å². The standard InChI is InChI=1S/C11H11ClF3NO3/c12-8-2-1-7(19-8)9(17)16-10(11(13,14)15)3-5-18-6-4-10/h1-2H,3-6H2,(H,16,17). The number of amides is 1. The molecule has 1 aromatic rings. The molecule has 0 saturated carbocycles. The largest absolute Gasteiger partial charge is 0.440 e. The summed E-state index contributed by atoms with van der Waals surface area (Å²) in [5.74, 6) is -1.19. The Morgan fingerprint density at radius 2 is 1.95 bits per heavy atom. The number of hydrogen-bond acceptors (Lipinski definition) is 3. The summed E-state index contributed by atoms with van der Waals surface area (Å²) in [6.07, 6.45) is -5.20. The Balaban J connectivity index is 2.19. The number of alkyl halides is 3. The number of carbonyl (C=O) groups is 1. The van der Waals surface area contributed by atoms with Crippen LogP contribution in [0.3, 0.4) is 0 Å². The Kier molecular flexibility index (Phi) is 3.78. The van der Waals surface area contributed by atoms with E-state index < -0.39 is 17.6 Å². The summed E-state index contributed by atoms with van der Waals surface area (Å²) >= 11 is 5.48. The molecule has 4 nitrogen and oxygen atoms in total. The van der Waals surface area contributed by atoms with E-state index in [1.54, 1.807) is 0 Å². The number of rotatable bonds is 2. The van der Waals surface area contributed by atoms with Gasteiger partial charge in [-0.1, -0.05) is 0 Å². The lowest BCUT2D eigenvalue weighted by Gasteiger charge is -2.39. The predicted molar refractivity (Wildman–Crippen MR) is 60.0 cm³/mol. The third-order valence-electron chi connectivity index (χ3n) is 3.04. The van der Waals surface area contributed by atoms with Gasteiger partial charge in [-0.15, -0.1) is 0 Å². The minimum Gasteiger partial charge on any atom is -0.440 e. The molecule has 0 aromatic carbocycles. The SMILES string of the molecule is O=C(NC1(C(F)(F)F)CCOCC1)c1ccc(Cl)o1. The van der Waals surface area contributed by atoms with Crippen molar-refractivity contribution in [1.29, 1.82) is 0 Å². The molecule has 19 heavy (non-hydrogen) atoms. The fraction of sp³-hybridized carbons (Fsp3) is 0.545. The van der Waals surface area contributed by atoms with Gasteiger partial charge in [-0.3, -0.25) is 4.79 Å². The van der Waals surface area contributed by atoms with Crippen LogP contribution in [-0.2, 0) is 4.74 Å². The molecule has 1 saturated heterocycles. The molecule has 2 rings (SSSR count). The average molecular weight is 298 g/mol. The molecule has 1 aliphatic rings. The molecule has 0 radical (unpaired) electrons. The van der Waals surface area contributed by atoms with Crippen molar-refractivity contribution < 1.29 is 27.1 Å². The molecule has 8 heteroatoms. The average Bonchev–Trinajstić information content (AvgIpc) is 2.76. The first-order valence-corrected chi connectivity index (χ1v) is 5.94. The second-order valence-corrected chi connectivity index (χ2v) is 4.62. The Labute approximate surface area is 111 Å². The summed E-state index contributed by atoms with van der Waals surface area (Å²) in [4.78, 5) is 11.8. The maximum absolute atomic E-state index is 13.2. The molecule has 1 fully saturated rings. The zero-order valence-corrected chi connectivity index (χ0v) is 10.5. The van der Waals surface area contributed by atoms with Crippen LogP contribution in [0.5, 0.6) is 0 Å². The van der Waals surface area contributed by atoms with E-state index in [9.17, 15) is 18.0 Å². The van der Waals surface area contributed by atoms with Gasteiger partial charge in [0.15, 0.2) is 11.0 Å². The number of furan rings is 1. The van der Waals surface area contributed by atoms with E-state index in [4.69, 9.17) is 20.8 Å². The molecule has 1 amide bonds. The maximum Gasteiger partial charge on any atom is 0.411 e. The van der Waals surface area contributed by atoms with Crippen molar-refractivity contribution >= 4 is 17.5 Å². The lowest BCUT2D eigenvalue weighted by atomic mass is 9.89. The fourth-order valence-corrected chi connectivity index (χ4v) is 2.06. The van der Waals surface area contributed by atoms with Crippen LogP contribution >= 0.6 is 11.6 Å². The van der Waals surface area contributed by atoms with Gasteiger partial charge in [0, 0.05) is 26.1 Å². The molecular formula is C11H11ClF3NO3. The Morgan fingerprint density at radius 1 is 1.32 bits per heavy atom. The van der Waals surface area contributed by atoms with Crippen LogP contribution in [0.15, 0.2) is 16.5 Å². The molecular weight excluding hydrogens is 287 g/mol. The van der Waals surface area contributed by atoms with Gasteiger partial charge in [-0.25, -0.2) is 0 Å². The zero-order valence-electron chi connectivity index (χ0n) is 9.72. The van der Waals surface area contributed by atoms with Gasteiger partial charge in [-0.05, 0) is 23.7 Å². The third kappa shape index (κ3) is 2.87. The van der Waals surface area contributed by atoms with Gasteiger partial charge in [0.1, 0.15) is 5.54 Å². The van der Waals surface area contributed by atoms with E-state index in [0.717, 1.165) is 0 Å². The summed E-state index contributed by atoms with van der Waals surface area (Å²) in [5, 5.41) is 1.95. The van der Waals surface area contributed by atoms with E-state index in [0.29, 0.717) is 0 Å².